The minimum Gasteiger partial charge on any atom is -0.480 e. The molecule has 5 heteroatoms. The molecular formula is C15H18FNO3. The topological polar surface area (TPSA) is 66.4 Å². The number of halogens is 1. The summed E-state index contributed by atoms with van der Waals surface area (Å²) >= 11 is 0. The first-order valence-electron chi connectivity index (χ1n) is 6.34. The summed E-state index contributed by atoms with van der Waals surface area (Å²) in [4.78, 5) is 22.6. The van der Waals surface area contributed by atoms with Gasteiger partial charge in [0.2, 0.25) is 5.91 Å². The van der Waals surface area contributed by atoms with Crippen LogP contribution in [0.25, 0.3) is 6.08 Å². The van der Waals surface area contributed by atoms with E-state index in [0.717, 1.165) is 5.56 Å². The van der Waals surface area contributed by atoms with Gasteiger partial charge in [-0.1, -0.05) is 38.1 Å². The summed E-state index contributed by atoms with van der Waals surface area (Å²) < 4.78 is 12.7. The van der Waals surface area contributed by atoms with E-state index in [0.29, 0.717) is 0 Å². The van der Waals surface area contributed by atoms with Gasteiger partial charge in [-0.2, -0.15) is 0 Å². The number of carboxylic acid groups (broad SMARTS) is 1. The lowest BCUT2D eigenvalue weighted by atomic mass is 10.0. The zero-order chi connectivity index (χ0) is 15.1. The maximum atomic E-state index is 12.7. The molecule has 0 radical (unpaired) electrons. The minimum atomic E-state index is -1.05. The summed E-state index contributed by atoms with van der Waals surface area (Å²) in [6.07, 6.45) is 3.37. The molecule has 1 atom stereocenters. The number of hydrogen-bond donors (Lipinski definition) is 2. The van der Waals surface area contributed by atoms with Crippen LogP contribution >= 0.6 is 0 Å². The highest BCUT2D eigenvalue weighted by Crippen LogP contribution is 2.06. The van der Waals surface area contributed by atoms with E-state index in [4.69, 9.17) is 5.11 Å². The van der Waals surface area contributed by atoms with Crippen molar-refractivity contribution in [1.82, 2.24) is 5.32 Å². The van der Waals surface area contributed by atoms with E-state index in [1.165, 1.54) is 12.1 Å². The molecule has 2 N–H and O–H groups in total. The van der Waals surface area contributed by atoms with Crippen molar-refractivity contribution in [3.8, 4) is 0 Å². The van der Waals surface area contributed by atoms with Gasteiger partial charge in [0.1, 0.15) is 11.9 Å². The number of amides is 1. The second kappa shape index (κ2) is 7.43. The van der Waals surface area contributed by atoms with Crippen molar-refractivity contribution in [1.29, 1.82) is 0 Å². The molecule has 0 aliphatic heterocycles. The standard InChI is InChI=1S/C15H18FNO3/c1-10(2)14(15(19)20)17-13(18)5-3-4-11-6-8-12(16)9-7-11/h3-4,6-10,14H,5H2,1-2H3,(H,17,18)(H,19,20)/b4-3+. The molecule has 20 heavy (non-hydrogen) atoms. The highest BCUT2D eigenvalue weighted by molar-refractivity contribution is 5.84. The van der Waals surface area contributed by atoms with Crippen LogP contribution < -0.4 is 5.32 Å². The maximum absolute atomic E-state index is 12.7. The van der Waals surface area contributed by atoms with Crippen molar-refractivity contribution in [2.24, 2.45) is 5.92 Å². The normalized spacial score (nSPS) is 12.6. The monoisotopic (exact) mass is 279 g/mol. The average Bonchev–Trinajstić information content (AvgIpc) is 2.37. The van der Waals surface area contributed by atoms with Crippen molar-refractivity contribution >= 4 is 18.0 Å². The van der Waals surface area contributed by atoms with E-state index >= 15 is 0 Å². The van der Waals surface area contributed by atoms with E-state index in [9.17, 15) is 14.0 Å². The summed E-state index contributed by atoms with van der Waals surface area (Å²) in [6.45, 7) is 3.46. The van der Waals surface area contributed by atoms with Crippen molar-refractivity contribution in [2.45, 2.75) is 26.3 Å². The largest absolute Gasteiger partial charge is 0.480 e. The molecule has 0 saturated heterocycles. The molecule has 0 saturated carbocycles. The Labute approximate surface area is 117 Å². The maximum Gasteiger partial charge on any atom is 0.326 e. The Morgan fingerprint density at radius 3 is 2.40 bits per heavy atom. The molecule has 0 heterocycles. The number of carbonyl (C=O) groups is 2. The lowest BCUT2D eigenvalue weighted by molar-refractivity contribution is -0.143. The first-order chi connectivity index (χ1) is 9.40. The Bertz CT molecular complexity index is 494. The fourth-order valence-corrected chi connectivity index (χ4v) is 1.62. The third kappa shape index (κ3) is 5.22. The van der Waals surface area contributed by atoms with Gasteiger partial charge in [0.25, 0.3) is 0 Å². The van der Waals surface area contributed by atoms with E-state index in [-0.39, 0.29) is 24.1 Å². The minimum absolute atomic E-state index is 0.0773. The van der Waals surface area contributed by atoms with Crippen LogP contribution in [0.15, 0.2) is 30.3 Å². The van der Waals surface area contributed by atoms with Crippen LogP contribution in [0.2, 0.25) is 0 Å². The summed E-state index contributed by atoms with van der Waals surface area (Å²) in [7, 11) is 0. The van der Waals surface area contributed by atoms with Crippen LogP contribution in [0.4, 0.5) is 4.39 Å². The number of benzene rings is 1. The lowest BCUT2D eigenvalue weighted by Crippen LogP contribution is -2.44. The molecule has 1 aromatic rings. The van der Waals surface area contributed by atoms with E-state index < -0.39 is 12.0 Å². The Balaban J connectivity index is 2.50. The van der Waals surface area contributed by atoms with Crippen LogP contribution in [0.1, 0.15) is 25.8 Å². The third-order valence-electron chi connectivity index (χ3n) is 2.73. The molecule has 0 spiro atoms. The number of carbonyl (C=O) groups excluding carboxylic acids is 1. The van der Waals surface area contributed by atoms with Crippen molar-refractivity contribution in [2.75, 3.05) is 0 Å². The lowest BCUT2D eigenvalue weighted by Gasteiger charge is -2.17. The van der Waals surface area contributed by atoms with Crippen molar-refractivity contribution < 1.29 is 19.1 Å². The van der Waals surface area contributed by atoms with Crippen molar-refractivity contribution in [3.63, 3.8) is 0 Å². The number of carboxylic acids is 1. The summed E-state index contributed by atoms with van der Waals surface area (Å²) in [5, 5.41) is 11.4. The fraction of sp³-hybridized carbons (Fsp3) is 0.333. The molecule has 108 valence electrons. The predicted molar refractivity (Wildman–Crippen MR) is 74.5 cm³/mol. The van der Waals surface area contributed by atoms with Crippen molar-refractivity contribution in [3.05, 3.63) is 41.7 Å². The molecule has 1 aromatic carbocycles. The van der Waals surface area contributed by atoms with Crippen LogP contribution in [0.5, 0.6) is 0 Å². The third-order valence-corrected chi connectivity index (χ3v) is 2.73. The highest BCUT2D eigenvalue weighted by atomic mass is 19.1. The van der Waals surface area contributed by atoms with Gasteiger partial charge in [-0.15, -0.1) is 0 Å². The van der Waals surface area contributed by atoms with Crippen LogP contribution in [-0.4, -0.2) is 23.0 Å². The van der Waals surface area contributed by atoms with Gasteiger partial charge in [0.05, 0.1) is 0 Å². The van der Waals surface area contributed by atoms with E-state index in [1.54, 1.807) is 38.1 Å². The van der Waals surface area contributed by atoms with E-state index in [2.05, 4.69) is 5.32 Å². The molecular weight excluding hydrogens is 261 g/mol. The van der Waals surface area contributed by atoms with Crippen LogP contribution in [-0.2, 0) is 9.59 Å². The summed E-state index contributed by atoms with van der Waals surface area (Å²) in [5.41, 5.74) is 0.776. The number of nitrogens with one attached hydrogen (secondary N) is 1. The fourth-order valence-electron chi connectivity index (χ4n) is 1.62. The Morgan fingerprint density at radius 2 is 1.90 bits per heavy atom. The first kappa shape index (κ1) is 15.9. The zero-order valence-corrected chi connectivity index (χ0v) is 11.5. The molecule has 4 nitrogen and oxygen atoms in total. The Kier molecular flexibility index (Phi) is 5.90. The summed E-state index contributed by atoms with van der Waals surface area (Å²) in [5.74, 6) is -1.90. The zero-order valence-electron chi connectivity index (χ0n) is 11.5. The summed E-state index contributed by atoms with van der Waals surface area (Å²) in [6, 6.07) is 4.97. The molecule has 0 aromatic heterocycles. The molecule has 1 rings (SSSR count). The van der Waals surface area contributed by atoms with Crippen LogP contribution in [0.3, 0.4) is 0 Å². The van der Waals surface area contributed by atoms with E-state index in [1.807, 2.05) is 0 Å². The van der Waals surface area contributed by atoms with Gasteiger partial charge in [-0.25, -0.2) is 9.18 Å². The number of aliphatic carboxylic acids is 1. The second-order valence-corrected chi connectivity index (χ2v) is 4.79. The van der Waals surface area contributed by atoms with Gasteiger partial charge < -0.3 is 10.4 Å². The van der Waals surface area contributed by atoms with Gasteiger partial charge in [0.15, 0.2) is 0 Å². The molecule has 0 fully saturated rings. The molecule has 0 aliphatic rings. The second-order valence-electron chi connectivity index (χ2n) is 4.79. The number of hydrogen-bond acceptors (Lipinski definition) is 2. The van der Waals surface area contributed by atoms with Gasteiger partial charge in [0, 0.05) is 6.42 Å². The predicted octanol–water partition coefficient (Wildman–Crippen LogP) is 2.45. The average molecular weight is 279 g/mol. The Hall–Kier alpha value is -2.17. The van der Waals surface area contributed by atoms with Crippen LogP contribution in [0, 0.1) is 11.7 Å². The molecule has 1 unspecified atom stereocenters. The molecule has 0 bridgehead atoms. The molecule has 1 amide bonds. The SMILES string of the molecule is CC(C)C(NC(=O)C/C=C/c1ccc(F)cc1)C(=O)O. The van der Waals surface area contributed by atoms with Gasteiger partial charge >= 0.3 is 5.97 Å². The molecule has 0 aliphatic carbocycles. The number of rotatable bonds is 6. The van der Waals surface area contributed by atoms with Gasteiger partial charge in [-0.05, 0) is 23.6 Å². The quantitative estimate of drug-likeness (QED) is 0.840. The highest BCUT2D eigenvalue weighted by Gasteiger charge is 2.22. The van der Waals surface area contributed by atoms with Gasteiger partial charge in [-0.3, -0.25) is 4.79 Å². The smallest absolute Gasteiger partial charge is 0.326 e. The first-order valence-corrected chi connectivity index (χ1v) is 6.34. The Morgan fingerprint density at radius 1 is 1.30 bits per heavy atom.